The Hall–Kier alpha value is -2.98. The van der Waals surface area contributed by atoms with Gasteiger partial charge in [0, 0.05) is 18.0 Å². The summed E-state index contributed by atoms with van der Waals surface area (Å²) in [6, 6.07) is 11.7. The molecular formula is C24H31N3O5S2. The summed E-state index contributed by atoms with van der Waals surface area (Å²) in [6.45, 7) is 9.30. The van der Waals surface area contributed by atoms with Gasteiger partial charge in [0.25, 0.3) is 10.0 Å². The third kappa shape index (κ3) is 8.11. The van der Waals surface area contributed by atoms with Crippen molar-refractivity contribution in [2.75, 3.05) is 11.9 Å². The highest BCUT2D eigenvalue weighted by molar-refractivity contribution is 7.90. The van der Waals surface area contributed by atoms with Crippen LogP contribution in [0, 0.1) is 19.3 Å². The number of carbonyl (C=O) groups excluding carboxylic acids is 2. The maximum absolute atomic E-state index is 12.7. The van der Waals surface area contributed by atoms with Gasteiger partial charge in [-0.3, -0.25) is 9.59 Å². The van der Waals surface area contributed by atoms with Crippen LogP contribution in [0.25, 0.3) is 0 Å². The van der Waals surface area contributed by atoms with Crippen molar-refractivity contribution in [2.24, 2.45) is 5.41 Å². The molecule has 0 fully saturated rings. The number of carbonyl (C=O) groups is 2. The fourth-order valence-corrected chi connectivity index (χ4v) is 4.27. The molecule has 2 rings (SSSR count). The Morgan fingerprint density at radius 1 is 1.06 bits per heavy atom. The largest absolute Gasteiger partial charge is 0.493 e. The van der Waals surface area contributed by atoms with E-state index in [1.165, 1.54) is 24.3 Å². The standard InChI is InChI=1S/C24H31N3O5S2/c1-16-7-8-17(2)21(15-16)32-14-6-13-24(4,5)22(29)26-23(33)25-19-9-11-20(12-10-19)34(30,31)27-18(3)28/h7-12,15H,6,13-14H2,1-5H3,(H,27,28)(H2,25,26,29,33). The number of amides is 2. The highest BCUT2D eigenvalue weighted by atomic mass is 32.2. The number of benzene rings is 2. The Bertz CT molecular complexity index is 1160. The summed E-state index contributed by atoms with van der Waals surface area (Å²) in [5.74, 6) is -0.0596. The molecular weight excluding hydrogens is 474 g/mol. The van der Waals surface area contributed by atoms with Crippen LogP contribution in [0.4, 0.5) is 5.69 Å². The molecule has 0 spiro atoms. The van der Waals surface area contributed by atoms with Crippen LogP contribution in [0.15, 0.2) is 47.4 Å². The van der Waals surface area contributed by atoms with Gasteiger partial charge in [-0.15, -0.1) is 0 Å². The zero-order valence-corrected chi connectivity index (χ0v) is 21.7. The van der Waals surface area contributed by atoms with Gasteiger partial charge in [-0.25, -0.2) is 13.1 Å². The van der Waals surface area contributed by atoms with Gasteiger partial charge in [0.05, 0.1) is 11.5 Å². The van der Waals surface area contributed by atoms with Crippen LogP contribution < -0.4 is 20.1 Å². The predicted octanol–water partition coefficient (Wildman–Crippen LogP) is 3.83. The number of hydrogen-bond acceptors (Lipinski definition) is 6. The van der Waals surface area contributed by atoms with Crippen molar-refractivity contribution in [3.8, 4) is 5.75 Å². The van der Waals surface area contributed by atoms with Crippen molar-refractivity contribution in [3.05, 3.63) is 53.6 Å². The molecule has 0 saturated heterocycles. The zero-order valence-electron chi connectivity index (χ0n) is 20.0. The monoisotopic (exact) mass is 505 g/mol. The van der Waals surface area contributed by atoms with Crippen molar-refractivity contribution in [1.29, 1.82) is 0 Å². The Morgan fingerprint density at radius 2 is 1.71 bits per heavy atom. The lowest BCUT2D eigenvalue weighted by Gasteiger charge is -2.24. The number of nitrogens with one attached hydrogen (secondary N) is 3. The minimum absolute atomic E-state index is 0.0626. The maximum Gasteiger partial charge on any atom is 0.264 e. The van der Waals surface area contributed by atoms with E-state index in [9.17, 15) is 18.0 Å². The van der Waals surface area contributed by atoms with Crippen LogP contribution in [-0.2, 0) is 19.6 Å². The molecule has 2 amide bonds. The van der Waals surface area contributed by atoms with Crippen molar-refractivity contribution < 1.29 is 22.7 Å². The Labute approximate surface area is 206 Å². The van der Waals surface area contributed by atoms with Gasteiger partial charge < -0.3 is 15.4 Å². The van der Waals surface area contributed by atoms with Crippen LogP contribution in [0.3, 0.4) is 0 Å². The second-order valence-electron chi connectivity index (χ2n) is 8.70. The molecule has 0 aliphatic carbocycles. The molecule has 8 nitrogen and oxygen atoms in total. The van der Waals surface area contributed by atoms with E-state index in [0.717, 1.165) is 23.8 Å². The van der Waals surface area contributed by atoms with E-state index in [4.69, 9.17) is 17.0 Å². The van der Waals surface area contributed by atoms with E-state index in [1.807, 2.05) is 50.6 Å². The summed E-state index contributed by atoms with van der Waals surface area (Å²) in [5, 5.41) is 5.64. The fraction of sp³-hybridized carbons (Fsp3) is 0.375. The molecule has 10 heteroatoms. The maximum atomic E-state index is 12.7. The molecule has 0 heterocycles. The van der Waals surface area contributed by atoms with Crippen LogP contribution in [0.2, 0.25) is 0 Å². The van der Waals surface area contributed by atoms with Crippen LogP contribution in [-0.4, -0.2) is 32.0 Å². The van der Waals surface area contributed by atoms with Gasteiger partial charge >= 0.3 is 0 Å². The SMILES string of the molecule is CC(=O)NS(=O)(=O)c1ccc(NC(=S)NC(=O)C(C)(C)CCCOc2cc(C)ccc2C)cc1. The fourth-order valence-electron chi connectivity index (χ4n) is 3.07. The smallest absolute Gasteiger partial charge is 0.264 e. The highest BCUT2D eigenvalue weighted by Gasteiger charge is 2.28. The molecule has 3 N–H and O–H groups in total. The zero-order chi connectivity index (χ0) is 25.5. The molecule has 0 aliphatic rings. The van der Waals surface area contributed by atoms with Gasteiger partial charge in [-0.1, -0.05) is 26.0 Å². The molecule has 0 bridgehead atoms. The Balaban J connectivity index is 1.85. The molecule has 2 aromatic rings. The number of ether oxygens (including phenoxy) is 1. The van der Waals surface area contributed by atoms with E-state index in [-0.39, 0.29) is 15.9 Å². The van der Waals surface area contributed by atoms with Gasteiger partial charge in [-0.2, -0.15) is 0 Å². The molecule has 0 unspecified atom stereocenters. The van der Waals surface area contributed by atoms with E-state index in [1.54, 1.807) is 0 Å². The molecule has 0 aliphatic heterocycles. The Morgan fingerprint density at radius 3 is 2.32 bits per heavy atom. The highest BCUT2D eigenvalue weighted by Crippen LogP contribution is 2.24. The van der Waals surface area contributed by atoms with Crippen molar-refractivity contribution in [3.63, 3.8) is 0 Å². The van der Waals surface area contributed by atoms with Crippen LogP contribution >= 0.6 is 12.2 Å². The van der Waals surface area contributed by atoms with E-state index < -0.39 is 21.3 Å². The number of anilines is 1. The first-order valence-electron chi connectivity index (χ1n) is 10.8. The molecule has 34 heavy (non-hydrogen) atoms. The summed E-state index contributed by atoms with van der Waals surface area (Å²) in [6.07, 6.45) is 1.29. The van der Waals surface area contributed by atoms with Gasteiger partial charge in [0.2, 0.25) is 11.8 Å². The average molecular weight is 506 g/mol. The molecule has 0 aromatic heterocycles. The van der Waals surface area contributed by atoms with E-state index in [2.05, 4.69) is 10.6 Å². The second-order valence-corrected chi connectivity index (χ2v) is 10.8. The third-order valence-corrected chi connectivity index (χ3v) is 6.74. The van der Waals surface area contributed by atoms with Crippen molar-refractivity contribution >= 4 is 44.9 Å². The quantitative estimate of drug-likeness (QED) is 0.351. The molecule has 2 aromatic carbocycles. The lowest BCUT2D eigenvalue weighted by Crippen LogP contribution is -2.42. The number of sulfonamides is 1. The van der Waals surface area contributed by atoms with Crippen LogP contribution in [0.5, 0.6) is 5.75 Å². The topological polar surface area (TPSA) is 114 Å². The summed E-state index contributed by atoms with van der Waals surface area (Å²) >= 11 is 5.23. The normalized spacial score (nSPS) is 11.4. The lowest BCUT2D eigenvalue weighted by atomic mass is 9.87. The Kier molecular flexibility index (Phi) is 9.17. The summed E-state index contributed by atoms with van der Waals surface area (Å²) < 4.78 is 31.8. The average Bonchev–Trinajstić information content (AvgIpc) is 2.73. The number of aryl methyl sites for hydroxylation is 2. The number of rotatable bonds is 9. The minimum atomic E-state index is -3.92. The number of thiocarbonyl (C=S) groups is 1. The summed E-state index contributed by atoms with van der Waals surface area (Å²) in [5.41, 5.74) is 2.02. The molecule has 184 valence electrons. The first kappa shape index (κ1) is 27.3. The predicted molar refractivity (Wildman–Crippen MR) is 136 cm³/mol. The van der Waals surface area contributed by atoms with Gasteiger partial charge in [0.1, 0.15) is 5.75 Å². The van der Waals surface area contributed by atoms with Crippen LogP contribution in [0.1, 0.15) is 44.7 Å². The van der Waals surface area contributed by atoms with E-state index in [0.29, 0.717) is 25.1 Å². The third-order valence-electron chi connectivity index (χ3n) is 5.09. The molecule has 0 atom stereocenters. The number of hydrogen-bond donors (Lipinski definition) is 3. The van der Waals surface area contributed by atoms with Gasteiger partial charge in [0.15, 0.2) is 5.11 Å². The summed E-state index contributed by atoms with van der Waals surface area (Å²) in [4.78, 5) is 23.7. The van der Waals surface area contributed by atoms with Crippen molar-refractivity contribution in [2.45, 2.75) is 52.4 Å². The first-order valence-corrected chi connectivity index (χ1v) is 12.7. The molecule has 0 saturated carbocycles. The molecule has 0 radical (unpaired) electrons. The summed E-state index contributed by atoms with van der Waals surface area (Å²) in [7, 11) is -3.92. The first-order chi connectivity index (χ1) is 15.8. The van der Waals surface area contributed by atoms with Crippen molar-refractivity contribution in [1.82, 2.24) is 10.0 Å². The lowest BCUT2D eigenvalue weighted by molar-refractivity contribution is -0.128. The van der Waals surface area contributed by atoms with E-state index >= 15 is 0 Å². The minimum Gasteiger partial charge on any atom is -0.493 e. The second kappa shape index (κ2) is 11.4. The van der Waals surface area contributed by atoms with Gasteiger partial charge in [-0.05, 0) is 80.4 Å².